The minimum atomic E-state index is -4.44. The number of hydrogen-bond donors (Lipinski definition) is 0. The maximum atomic E-state index is 12.5. The van der Waals surface area contributed by atoms with Gasteiger partial charge in [-0.15, -0.1) is 11.3 Å². The van der Waals surface area contributed by atoms with Gasteiger partial charge in [0.25, 0.3) is 5.91 Å². The summed E-state index contributed by atoms with van der Waals surface area (Å²) in [6.45, 7) is -1.30. The second kappa shape index (κ2) is 6.99. The van der Waals surface area contributed by atoms with Crippen LogP contribution < -0.4 is 0 Å². The van der Waals surface area contributed by atoms with Gasteiger partial charge >= 0.3 is 6.18 Å². The number of amides is 1. The lowest BCUT2D eigenvalue weighted by molar-refractivity contribution is -0.138. The standard InChI is InChI=1S/C18H15F3N6OS/c1-25(10-18(19,20)21)17(28)15-3-11(9-29-15)14-6-24-27-8-12(4-22-16(14)27)13-5-23-26(2)7-13/h3-9H,10H2,1-2H3. The molecule has 1 amide bonds. The molecule has 0 aliphatic carbocycles. The van der Waals surface area contributed by atoms with E-state index in [0.717, 1.165) is 29.5 Å². The molecule has 4 aromatic rings. The van der Waals surface area contributed by atoms with E-state index in [0.29, 0.717) is 21.7 Å². The average Bonchev–Trinajstić information content (AvgIpc) is 3.37. The fraction of sp³-hybridized carbons (Fsp3) is 0.222. The fourth-order valence-electron chi connectivity index (χ4n) is 2.92. The molecule has 150 valence electrons. The van der Waals surface area contributed by atoms with E-state index in [9.17, 15) is 18.0 Å². The van der Waals surface area contributed by atoms with Crippen molar-refractivity contribution in [1.82, 2.24) is 29.3 Å². The number of carbonyl (C=O) groups excluding carboxylic acids is 1. The number of hydrogen-bond acceptors (Lipinski definition) is 5. The van der Waals surface area contributed by atoms with Crippen molar-refractivity contribution in [2.24, 2.45) is 7.05 Å². The predicted molar refractivity (Wildman–Crippen MR) is 102 cm³/mol. The topological polar surface area (TPSA) is 68.3 Å². The van der Waals surface area contributed by atoms with Crippen molar-refractivity contribution in [3.05, 3.63) is 47.3 Å². The quantitative estimate of drug-likeness (QED) is 0.507. The maximum absolute atomic E-state index is 12.5. The number of halogens is 3. The minimum Gasteiger partial charge on any atom is -0.332 e. The van der Waals surface area contributed by atoms with Crippen LogP contribution in [0.2, 0.25) is 0 Å². The van der Waals surface area contributed by atoms with Crippen LogP contribution >= 0.6 is 11.3 Å². The summed E-state index contributed by atoms with van der Waals surface area (Å²) in [5.41, 5.74) is 3.69. The molecule has 11 heteroatoms. The molecule has 4 aromatic heterocycles. The Morgan fingerprint density at radius 1 is 1.14 bits per heavy atom. The summed E-state index contributed by atoms with van der Waals surface area (Å²) in [7, 11) is 2.95. The third kappa shape index (κ3) is 3.86. The number of aromatic nitrogens is 5. The van der Waals surface area contributed by atoms with Gasteiger partial charge in [0.1, 0.15) is 6.54 Å². The summed E-state index contributed by atoms with van der Waals surface area (Å²) < 4.78 is 40.9. The molecule has 0 spiro atoms. The van der Waals surface area contributed by atoms with Crippen molar-refractivity contribution in [1.29, 1.82) is 0 Å². The first-order chi connectivity index (χ1) is 13.7. The number of fused-ring (bicyclic) bond motifs is 1. The molecule has 0 N–H and O–H groups in total. The van der Waals surface area contributed by atoms with E-state index in [2.05, 4.69) is 15.2 Å². The number of nitrogens with zero attached hydrogens (tertiary/aromatic N) is 6. The Morgan fingerprint density at radius 3 is 2.59 bits per heavy atom. The predicted octanol–water partition coefficient (Wildman–Crippen LogP) is 3.49. The Bertz CT molecular complexity index is 1190. The van der Waals surface area contributed by atoms with Gasteiger partial charge in [-0.2, -0.15) is 23.4 Å². The van der Waals surface area contributed by atoms with E-state index >= 15 is 0 Å². The van der Waals surface area contributed by atoms with E-state index in [4.69, 9.17) is 0 Å². The first-order valence-electron chi connectivity index (χ1n) is 8.45. The van der Waals surface area contributed by atoms with E-state index < -0.39 is 18.6 Å². The van der Waals surface area contributed by atoms with Crippen LogP contribution in [0.4, 0.5) is 13.2 Å². The highest BCUT2D eigenvalue weighted by Crippen LogP contribution is 2.30. The maximum Gasteiger partial charge on any atom is 0.406 e. The van der Waals surface area contributed by atoms with Crippen molar-refractivity contribution < 1.29 is 18.0 Å². The summed E-state index contributed by atoms with van der Waals surface area (Å²) in [4.78, 5) is 17.6. The van der Waals surface area contributed by atoms with Crippen LogP contribution in [0.5, 0.6) is 0 Å². The Kier molecular flexibility index (Phi) is 4.61. The lowest BCUT2D eigenvalue weighted by Crippen LogP contribution is -2.35. The number of thiophene rings is 1. The molecule has 0 saturated heterocycles. The minimum absolute atomic E-state index is 0.220. The second-order valence-corrected chi connectivity index (χ2v) is 7.46. The lowest BCUT2D eigenvalue weighted by Gasteiger charge is -2.17. The van der Waals surface area contributed by atoms with Gasteiger partial charge in [0.2, 0.25) is 0 Å². The van der Waals surface area contributed by atoms with Gasteiger partial charge in [0.05, 0.1) is 17.3 Å². The monoisotopic (exact) mass is 420 g/mol. The second-order valence-electron chi connectivity index (χ2n) is 6.55. The molecule has 0 aromatic carbocycles. The number of aryl methyl sites for hydroxylation is 1. The molecular weight excluding hydrogens is 405 g/mol. The Morgan fingerprint density at radius 2 is 1.90 bits per heavy atom. The number of rotatable bonds is 4. The van der Waals surface area contributed by atoms with Crippen LogP contribution in [0.3, 0.4) is 0 Å². The third-order valence-corrected chi connectivity index (χ3v) is 5.20. The molecular formula is C18H15F3N6OS. The molecule has 0 aliphatic rings. The Balaban J connectivity index is 1.62. The smallest absolute Gasteiger partial charge is 0.332 e. The largest absolute Gasteiger partial charge is 0.406 e. The molecule has 0 saturated carbocycles. The summed E-state index contributed by atoms with van der Waals surface area (Å²) in [5, 5.41) is 10.2. The first kappa shape index (κ1) is 19.1. The molecule has 0 aliphatic heterocycles. The van der Waals surface area contributed by atoms with Crippen LogP contribution in [0, 0.1) is 0 Å². The molecule has 0 fully saturated rings. The summed E-state index contributed by atoms with van der Waals surface area (Å²) in [6, 6.07) is 1.56. The van der Waals surface area contributed by atoms with Crippen LogP contribution in [-0.2, 0) is 7.05 Å². The zero-order chi connectivity index (χ0) is 20.8. The van der Waals surface area contributed by atoms with Crippen LogP contribution in [-0.4, -0.2) is 55.0 Å². The van der Waals surface area contributed by atoms with E-state index in [1.807, 2.05) is 19.4 Å². The molecule has 4 rings (SSSR count). The highest BCUT2D eigenvalue weighted by Gasteiger charge is 2.32. The van der Waals surface area contributed by atoms with E-state index in [-0.39, 0.29) is 4.88 Å². The molecule has 29 heavy (non-hydrogen) atoms. The molecule has 0 unspecified atom stereocenters. The zero-order valence-electron chi connectivity index (χ0n) is 15.4. The van der Waals surface area contributed by atoms with Crippen molar-refractivity contribution >= 4 is 22.9 Å². The first-order valence-corrected chi connectivity index (χ1v) is 9.33. The molecule has 0 atom stereocenters. The summed E-state index contributed by atoms with van der Waals surface area (Å²) in [6.07, 6.45) is 4.28. The van der Waals surface area contributed by atoms with Gasteiger partial charge < -0.3 is 4.90 Å². The molecule has 0 radical (unpaired) electrons. The van der Waals surface area contributed by atoms with Gasteiger partial charge in [-0.1, -0.05) is 0 Å². The van der Waals surface area contributed by atoms with Crippen molar-refractivity contribution in [3.8, 4) is 22.3 Å². The number of carbonyl (C=O) groups is 1. The van der Waals surface area contributed by atoms with Gasteiger partial charge in [0, 0.05) is 49.4 Å². The zero-order valence-corrected chi connectivity index (χ0v) is 16.2. The highest BCUT2D eigenvalue weighted by atomic mass is 32.1. The van der Waals surface area contributed by atoms with Crippen molar-refractivity contribution in [2.75, 3.05) is 13.6 Å². The number of alkyl halides is 3. The van der Waals surface area contributed by atoms with Gasteiger partial charge in [-0.25, -0.2) is 9.50 Å². The van der Waals surface area contributed by atoms with Crippen LogP contribution in [0.25, 0.3) is 27.9 Å². The molecule has 4 heterocycles. The van der Waals surface area contributed by atoms with Crippen molar-refractivity contribution in [2.45, 2.75) is 6.18 Å². The highest BCUT2D eigenvalue weighted by molar-refractivity contribution is 7.12. The van der Waals surface area contributed by atoms with Crippen LogP contribution in [0.1, 0.15) is 9.67 Å². The molecule has 7 nitrogen and oxygen atoms in total. The van der Waals surface area contributed by atoms with Gasteiger partial charge in [-0.05, 0) is 17.0 Å². The fourth-order valence-corrected chi connectivity index (χ4v) is 3.82. The van der Waals surface area contributed by atoms with E-state index in [1.54, 1.807) is 39.2 Å². The van der Waals surface area contributed by atoms with Gasteiger partial charge in [0.15, 0.2) is 5.65 Å². The summed E-state index contributed by atoms with van der Waals surface area (Å²) >= 11 is 1.09. The third-order valence-electron chi connectivity index (χ3n) is 4.28. The van der Waals surface area contributed by atoms with E-state index in [1.165, 1.54) is 0 Å². The van der Waals surface area contributed by atoms with Gasteiger partial charge in [-0.3, -0.25) is 9.48 Å². The normalized spacial score (nSPS) is 11.9. The Labute approximate surface area is 167 Å². The SMILES string of the molecule is CN(CC(F)(F)F)C(=O)c1cc(-c2cnn3cc(-c4cnn(C)c4)cnc23)cs1. The van der Waals surface area contributed by atoms with Crippen LogP contribution in [0.15, 0.2) is 42.4 Å². The Hall–Kier alpha value is -3.21. The molecule has 0 bridgehead atoms. The summed E-state index contributed by atoms with van der Waals surface area (Å²) in [5.74, 6) is -0.679. The van der Waals surface area contributed by atoms with Crippen molar-refractivity contribution in [3.63, 3.8) is 0 Å². The average molecular weight is 420 g/mol. The lowest BCUT2D eigenvalue weighted by atomic mass is 10.1.